The minimum atomic E-state index is -3.44. The van der Waals surface area contributed by atoms with Crippen LogP contribution in [0.1, 0.15) is 29.5 Å². The number of piperidine rings is 1. The van der Waals surface area contributed by atoms with Crippen molar-refractivity contribution in [3.8, 4) is 0 Å². The van der Waals surface area contributed by atoms with Gasteiger partial charge >= 0.3 is 0 Å². The molecule has 0 saturated carbocycles. The Morgan fingerprint density at radius 2 is 1.78 bits per heavy atom. The molecule has 2 aliphatic rings. The van der Waals surface area contributed by atoms with Gasteiger partial charge in [0.2, 0.25) is 0 Å². The topological polar surface area (TPSA) is 61.8 Å². The molecule has 5 nitrogen and oxygen atoms in total. The van der Waals surface area contributed by atoms with Crippen molar-refractivity contribution in [2.75, 3.05) is 19.6 Å². The highest BCUT2D eigenvalue weighted by Crippen LogP contribution is 2.24. The Morgan fingerprint density at radius 3 is 2.52 bits per heavy atom. The van der Waals surface area contributed by atoms with E-state index in [1.165, 1.54) is 11.1 Å². The van der Waals surface area contributed by atoms with E-state index in [9.17, 15) is 8.42 Å². The number of aliphatic imine (C=N–C) groups is 1. The Bertz CT molecular complexity index is 944. The third kappa shape index (κ3) is 4.06. The molecule has 0 unspecified atom stereocenters. The monoisotopic (exact) mass is 383 g/mol. The van der Waals surface area contributed by atoms with E-state index >= 15 is 0 Å². The number of likely N-dealkylation sites (tertiary alicyclic amines) is 1. The number of nitrogens with one attached hydrogen (secondary N) is 1. The summed E-state index contributed by atoms with van der Waals surface area (Å²) in [6.45, 7) is 5.90. The molecule has 2 aromatic rings. The maximum Gasteiger partial charge on any atom is 0.263 e. The highest BCUT2D eigenvalue weighted by atomic mass is 32.2. The number of nitrogens with zero attached hydrogens (tertiary/aromatic N) is 2. The van der Waals surface area contributed by atoms with Crippen molar-refractivity contribution < 1.29 is 8.42 Å². The molecule has 0 aromatic heterocycles. The molecule has 1 N–H and O–H groups in total. The van der Waals surface area contributed by atoms with Gasteiger partial charge < -0.3 is 0 Å². The van der Waals surface area contributed by atoms with Gasteiger partial charge in [-0.2, -0.15) is 0 Å². The van der Waals surface area contributed by atoms with Gasteiger partial charge in [-0.05, 0) is 56.5 Å². The predicted molar refractivity (Wildman–Crippen MR) is 107 cm³/mol. The van der Waals surface area contributed by atoms with Crippen molar-refractivity contribution in [3.63, 3.8) is 0 Å². The van der Waals surface area contributed by atoms with E-state index in [0.29, 0.717) is 28.8 Å². The molecular formula is C21H25N3O2S. The van der Waals surface area contributed by atoms with Crippen LogP contribution in [0.25, 0.3) is 0 Å². The lowest BCUT2D eigenvalue weighted by molar-refractivity contribution is 0.180. The summed E-state index contributed by atoms with van der Waals surface area (Å²) < 4.78 is 26.9. The normalized spacial score (nSPS) is 21.1. The number of fused-ring (bicyclic) bond motifs is 1. The third-order valence-electron chi connectivity index (χ3n) is 5.40. The van der Waals surface area contributed by atoms with Gasteiger partial charge in [-0.25, -0.2) is 8.42 Å². The maximum atomic E-state index is 12.2. The van der Waals surface area contributed by atoms with Crippen LogP contribution in [0.4, 0.5) is 0 Å². The first kappa shape index (κ1) is 18.2. The summed E-state index contributed by atoms with van der Waals surface area (Å²) in [5, 5.41) is 0. The van der Waals surface area contributed by atoms with Gasteiger partial charge in [-0.3, -0.25) is 14.6 Å². The Balaban J connectivity index is 1.34. The Kier molecular flexibility index (Phi) is 5.02. The van der Waals surface area contributed by atoms with Gasteiger partial charge in [-0.1, -0.05) is 42.0 Å². The summed E-state index contributed by atoms with van der Waals surface area (Å²) in [4.78, 5) is 7.43. The summed E-state index contributed by atoms with van der Waals surface area (Å²) in [5.74, 6) is 0.997. The summed E-state index contributed by atoms with van der Waals surface area (Å²) in [7, 11) is -3.44. The lowest BCUT2D eigenvalue weighted by atomic mass is 9.96. The van der Waals surface area contributed by atoms with E-state index in [1.54, 1.807) is 12.1 Å². The molecular weight excluding hydrogens is 358 g/mol. The van der Waals surface area contributed by atoms with Gasteiger partial charge in [0.1, 0.15) is 5.84 Å². The van der Waals surface area contributed by atoms with Crippen LogP contribution in [0.15, 0.2) is 58.4 Å². The second-order valence-electron chi connectivity index (χ2n) is 7.50. The molecule has 0 amide bonds. The second kappa shape index (κ2) is 7.44. The summed E-state index contributed by atoms with van der Waals surface area (Å²) in [5.41, 5.74) is 3.34. The van der Waals surface area contributed by atoms with Crippen LogP contribution in [0, 0.1) is 12.8 Å². The SMILES string of the molecule is Cc1ccc(CN2CCC(CN=C3NS(=O)(=O)c4ccccc43)CC2)cc1. The van der Waals surface area contributed by atoms with Crippen molar-refractivity contribution in [3.05, 3.63) is 65.2 Å². The number of hydrogen-bond acceptors (Lipinski definition) is 4. The number of sulfonamides is 1. The molecule has 2 aliphatic heterocycles. The molecule has 0 spiro atoms. The van der Waals surface area contributed by atoms with E-state index in [-0.39, 0.29) is 0 Å². The van der Waals surface area contributed by atoms with E-state index < -0.39 is 10.0 Å². The van der Waals surface area contributed by atoms with Crippen LogP contribution in [-0.2, 0) is 16.6 Å². The zero-order valence-electron chi connectivity index (χ0n) is 15.6. The molecule has 4 rings (SSSR count). The van der Waals surface area contributed by atoms with Crippen LogP contribution in [-0.4, -0.2) is 38.8 Å². The zero-order valence-corrected chi connectivity index (χ0v) is 16.4. The van der Waals surface area contributed by atoms with Crippen LogP contribution in [0.2, 0.25) is 0 Å². The summed E-state index contributed by atoms with van der Waals surface area (Å²) in [6, 6.07) is 15.8. The second-order valence-corrected chi connectivity index (χ2v) is 9.15. The molecule has 0 radical (unpaired) electrons. The molecule has 1 saturated heterocycles. The van der Waals surface area contributed by atoms with E-state index in [4.69, 9.17) is 0 Å². The zero-order chi connectivity index (χ0) is 18.9. The van der Waals surface area contributed by atoms with E-state index in [0.717, 1.165) is 32.5 Å². The predicted octanol–water partition coefficient (Wildman–Crippen LogP) is 2.95. The van der Waals surface area contributed by atoms with Crippen molar-refractivity contribution in [2.45, 2.75) is 31.2 Å². The first-order valence-corrected chi connectivity index (χ1v) is 10.9. The molecule has 142 valence electrons. The van der Waals surface area contributed by atoms with Crippen LogP contribution in [0.5, 0.6) is 0 Å². The average Bonchev–Trinajstić information content (AvgIpc) is 2.94. The fraction of sp³-hybridized carbons (Fsp3) is 0.381. The molecule has 0 bridgehead atoms. The smallest absolute Gasteiger partial charge is 0.263 e. The highest BCUT2D eigenvalue weighted by Gasteiger charge is 2.30. The molecule has 6 heteroatoms. The minimum absolute atomic E-state index is 0.330. The van der Waals surface area contributed by atoms with Crippen LogP contribution in [0.3, 0.4) is 0 Å². The van der Waals surface area contributed by atoms with Crippen LogP contribution < -0.4 is 4.72 Å². The highest BCUT2D eigenvalue weighted by molar-refractivity contribution is 7.90. The lowest BCUT2D eigenvalue weighted by Crippen LogP contribution is -2.34. The van der Waals surface area contributed by atoms with Gasteiger partial charge in [0.05, 0.1) is 4.90 Å². The Labute approximate surface area is 161 Å². The third-order valence-corrected chi connectivity index (χ3v) is 6.80. The van der Waals surface area contributed by atoms with Crippen molar-refractivity contribution in [1.82, 2.24) is 9.62 Å². The van der Waals surface area contributed by atoms with Crippen molar-refractivity contribution in [2.24, 2.45) is 10.9 Å². The van der Waals surface area contributed by atoms with Gasteiger partial charge in [0, 0.05) is 18.7 Å². The number of aryl methyl sites for hydroxylation is 1. The summed E-state index contributed by atoms with van der Waals surface area (Å²) >= 11 is 0. The van der Waals surface area contributed by atoms with Gasteiger partial charge in [0.25, 0.3) is 10.0 Å². The Hall–Kier alpha value is -2.18. The lowest BCUT2D eigenvalue weighted by Gasteiger charge is -2.31. The number of amidine groups is 1. The molecule has 0 aliphatic carbocycles. The number of rotatable bonds is 4. The van der Waals surface area contributed by atoms with Gasteiger partial charge in [0.15, 0.2) is 0 Å². The largest absolute Gasteiger partial charge is 0.299 e. The molecule has 2 heterocycles. The van der Waals surface area contributed by atoms with Gasteiger partial charge in [-0.15, -0.1) is 0 Å². The number of hydrogen-bond donors (Lipinski definition) is 1. The quantitative estimate of drug-likeness (QED) is 0.883. The fourth-order valence-electron chi connectivity index (χ4n) is 3.75. The first-order chi connectivity index (χ1) is 13.0. The Morgan fingerprint density at radius 1 is 1.07 bits per heavy atom. The van der Waals surface area contributed by atoms with E-state index in [1.807, 2.05) is 12.1 Å². The standard InChI is InChI=1S/C21H25N3O2S/c1-16-6-8-18(9-7-16)15-24-12-10-17(11-13-24)14-22-21-19-4-2-3-5-20(19)27(25,26)23-21/h2-9,17H,10-15H2,1H3,(H,22,23). The van der Waals surface area contributed by atoms with Crippen molar-refractivity contribution in [1.29, 1.82) is 0 Å². The minimum Gasteiger partial charge on any atom is -0.299 e. The number of benzene rings is 2. The maximum absolute atomic E-state index is 12.2. The molecule has 0 atom stereocenters. The van der Waals surface area contributed by atoms with Crippen molar-refractivity contribution >= 4 is 15.9 Å². The summed E-state index contributed by atoms with van der Waals surface area (Å²) in [6.07, 6.45) is 2.19. The van der Waals surface area contributed by atoms with E-state index in [2.05, 4.69) is 45.8 Å². The molecule has 27 heavy (non-hydrogen) atoms. The van der Waals surface area contributed by atoms with Crippen LogP contribution >= 0.6 is 0 Å². The molecule has 1 fully saturated rings. The molecule has 2 aromatic carbocycles. The first-order valence-electron chi connectivity index (χ1n) is 9.46. The fourth-order valence-corrected chi connectivity index (χ4v) is 5.00. The average molecular weight is 384 g/mol.